The van der Waals surface area contributed by atoms with Gasteiger partial charge >= 0.3 is 6.18 Å². The normalized spacial score (nSPS) is 24.6. The Bertz CT molecular complexity index is 1890. The average molecular weight is 593 g/mol. The molecule has 7 rings (SSSR count). The second-order valence-electron chi connectivity index (χ2n) is 11.5. The van der Waals surface area contributed by atoms with Crippen LogP contribution in [0.4, 0.5) is 18.9 Å². The van der Waals surface area contributed by atoms with Crippen LogP contribution in [0, 0.1) is 17.8 Å². The van der Waals surface area contributed by atoms with Crippen molar-refractivity contribution in [3.63, 3.8) is 0 Å². The lowest BCUT2D eigenvalue weighted by molar-refractivity contribution is -0.137. The molecule has 3 aromatic carbocycles. The molecule has 3 aliphatic rings. The summed E-state index contributed by atoms with van der Waals surface area (Å²) in [6, 6.07) is 16.1. The summed E-state index contributed by atoms with van der Waals surface area (Å²) in [5.41, 5.74) is -1.49. The molecule has 7 nitrogen and oxygen atoms in total. The van der Waals surface area contributed by atoms with Crippen molar-refractivity contribution in [1.82, 2.24) is 14.9 Å². The maximum absolute atomic E-state index is 14.5. The molecule has 2 saturated heterocycles. The van der Waals surface area contributed by atoms with Crippen LogP contribution in [0.25, 0.3) is 16.6 Å². The number of nitrogens with one attached hydrogen (secondary N) is 1. The van der Waals surface area contributed by atoms with Gasteiger partial charge < -0.3 is 0 Å². The highest BCUT2D eigenvalue weighted by Crippen LogP contribution is 2.56. The minimum absolute atomic E-state index is 0.107. The Balaban J connectivity index is 1.50. The molecule has 11 heteroatoms. The van der Waals surface area contributed by atoms with Gasteiger partial charge in [0.1, 0.15) is 11.4 Å². The number of halogens is 4. The monoisotopic (exact) mass is 592 g/mol. The summed E-state index contributed by atoms with van der Waals surface area (Å²) in [6.45, 7) is 3.97. The summed E-state index contributed by atoms with van der Waals surface area (Å²) in [6.07, 6.45) is -4.22. The number of anilines is 1. The Morgan fingerprint density at radius 2 is 1.69 bits per heavy atom. The molecule has 4 heterocycles. The van der Waals surface area contributed by atoms with Gasteiger partial charge in [0.2, 0.25) is 11.8 Å². The lowest BCUT2D eigenvalue weighted by Gasteiger charge is -2.32. The SMILES string of the molecule is CC(C)C[C@@H]1N[C@]2(c3ccccc3-n3c2nc2ccccc2c3=O)[C@H]2C(=O)N(c3cc(C(F)(F)F)ccc3Cl)C(=O)[C@@H]12. The minimum Gasteiger partial charge on any atom is -0.297 e. The Labute approximate surface area is 242 Å². The van der Waals surface area contributed by atoms with Crippen molar-refractivity contribution in [3.05, 3.63) is 99.1 Å². The second-order valence-corrected chi connectivity index (χ2v) is 11.9. The molecule has 1 spiro atoms. The zero-order valence-corrected chi connectivity index (χ0v) is 23.2. The number of hydrogen-bond acceptors (Lipinski definition) is 5. The predicted molar refractivity (Wildman–Crippen MR) is 150 cm³/mol. The van der Waals surface area contributed by atoms with Gasteiger partial charge in [-0.3, -0.25) is 24.3 Å². The first-order valence-corrected chi connectivity index (χ1v) is 14.0. The highest BCUT2D eigenvalue weighted by atomic mass is 35.5. The lowest BCUT2D eigenvalue weighted by atomic mass is 9.75. The number of fused-ring (bicyclic) bond motifs is 8. The van der Waals surface area contributed by atoms with E-state index in [1.807, 2.05) is 13.8 Å². The van der Waals surface area contributed by atoms with Crippen LogP contribution in [0.3, 0.4) is 0 Å². The van der Waals surface area contributed by atoms with Gasteiger partial charge in [-0.15, -0.1) is 0 Å². The van der Waals surface area contributed by atoms with Crippen LogP contribution in [0.15, 0.2) is 71.5 Å². The number of nitrogens with zero attached hydrogens (tertiary/aromatic N) is 3. The molecule has 2 amide bonds. The lowest BCUT2D eigenvalue weighted by Crippen LogP contribution is -2.50. The largest absolute Gasteiger partial charge is 0.416 e. The quantitative estimate of drug-likeness (QED) is 0.320. The summed E-state index contributed by atoms with van der Waals surface area (Å²) in [7, 11) is 0. The molecule has 0 aliphatic carbocycles. The summed E-state index contributed by atoms with van der Waals surface area (Å²) < 4.78 is 42.5. The van der Waals surface area contributed by atoms with E-state index in [1.165, 1.54) is 4.57 Å². The topological polar surface area (TPSA) is 84.3 Å². The molecule has 0 saturated carbocycles. The van der Waals surface area contributed by atoms with Gasteiger partial charge in [-0.1, -0.05) is 55.8 Å². The van der Waals surface area contributed by atoms with Crippen molar-refractivity contribution in [1.29, 1.82) is 0 Å². The van der Waals surface area contributed by atoms with E-state index in [2.05, 4.69) is 5.32 Å². The molecule has 42 heavy (non-hydrogen) atoms. The zero-order chi connectivity index (χ0) is 29.7. The third kappa shape index (κ3) is 3.51. The average Bonchev–Trinajstić information content (AvgIpc) is 3.51. The first-order valence-electron chi connectivity index (χ1n) is 13.6. The van der Waals surface area contributed by atoms with E-state index < -0.39 is 47.0 Å². The molecule has 2 fully saturated rings. The fraction of sp³-hybridized carbons (Fsp3) is 0.290. The van der Waals surface area contributed by atoms with Gasteiger partial charge in [0, 0.05) is 11.6 Å². The van der Waals surface area contributed by atoms with Crippen molar-refractivity contribution in [2.45, 2.75) is 38.0 Å². The van der Waals surface area contributed by atoms with Crippen molar-refractivity contribution >= 4 is 40.0 Å². The number of amides is 2. The number of hydrogen-bond donors (Lipinski definition) is 1. The van der Waals surface area contributed by atoms with Crippen LogP contribution >= 0.6 is 11.6 Å². The van der Waals surface area contributed by atoms with E-state index in [-0.39, 0.29) is 28.0 Å². The third-order valence-corrected chi connectivity index (χ3v) is 8.92. The van der Waals surface area contributed by atoms with Crippen molar-refractivity contribution in [2.75, 3.05) is 4.90 Å². The Kier molecular flexibility index (Phi) is 5.75. The molecule has 1 N–H and O–H groups in total. The molecular formula is C31H24ClF3N4O3. The Hall–Kier alpha value is -4.02. The number of para-hydroxylation sites is 2. The van der Waals surface area contributed by atoms with E-state index in [9.17, 15) is 27.6 Å². The van der Waals surface area contributed by atoms with E-state index in [0.29, 0.717) is 28.6 Å². The van der Waals surface area contributed by atoms with Crippen molar-refractivity contribution in [3.8, 4) is 5.69 Å². The highest BCUT2D eigenvalue weighted by Gasteiger charge is 2.70. The number of alkyl halides is 3. The predicted octanol–water partition coefficient (Wildman–Crippen LogP) is 5.44. The molecule has 214 valence electrons. The van der Waals surface area contributed by atoms with Crippen LogP contribution in [-0.2, 0) is 21.3 Å². The van der Waals surface area contributed by atoms with Gasteiger partial charge in [-0.25, -0.2) is 9.88 Å². The molecule has 3 aliphatic heterocycles. The van der Waals surface area contributed by atoms with Gasteiger partial charge in [0.05, 0.1) is 44.7 Å². The van der Waals surface area contributed by atoms with E-state index in [0.717, 1.165) is 23.1 Å². The summed E-state index contributed by atoms with van der Waals surface area (Å²) in [5.74, 6) is -2.99. The summed E-state index contributed by atoms with van der Waals surface area (Å²) in [5, 5.41) is 3.83. The summed E-state index contributed by atoms with van der Waals surface area (Å²) >= 11 is 6.35. The van der Waals surface area contributed by atoms with Gasteiger partial charge in [-0.05, 0) is 48.7 Å². The molecule has 0 unspecified atom stereocenters. The van der Waals surface area contributed by atoms with Crippen LogP contribution in [-0.4, -0.2) is 27.4 Å². The molecule has 4 atom stereocenters. The van der Waals surface area contributed by atoms with Crippen LogP contribution in [0.1, 0.15) is 37.2 Å². The van der Waals surface area contributed by atoms with Gasteiger partial charge in [-0.2, -0.15) is 13.2 Å². The van der Waals surface area contributed by atoms with Gasteiger partial charge in [0.25, 0.3) is 5.56 Å². The first kappa shape index (κ1) is 26.9. The number of carbonyl (C=O) groups is 2. The molecule has 1 aromatic heterocycles. The number of carbonyl (C=O) groups excluding carboxylic acids is 2. The number of aromatic nitrogens is 2. The van der Waals surface area contributed by atoms with Crippen molar-refractivity contribution < 1.29 is 22.8 Å². The molecule has 4 aromatic rings. The maximum Gasteiger partial charge on any atom is 0.416 e. The number of imide groups is 1. The van der Waals surface area contributed by atoms with Crippen LogP contribution in [0.5, 0.6) is 0 Å². The minimum atomic E-state index is -4.71. The molecule has 0 radical (unpaired) electrons. The standard InChI is InChI=1S/C31H24ClF3N4O3/c1-15(2)13-21-24-25(28(42)38(27(24)41)23-14-16(31(33,34)35)11-12-19(23)32)30(37-21)18-8-4-6-10-22(18)39-26(40)17-7-3-5-9-20(17)36-29(30)39/h3-12,14-15,21,24-25,37H,13H2,1-2H3/t21-,24-,25+,30+/m0/s1. The van der Waals surface area contributed by atoms with E-state index in [1.54, 1.807) is 48.5 Å². The Morgan fingerprint density at radius 3 is 2.43 bits per heavy atom. The van der Waals surface area contributed by atoms with Crippen LogP contribution in [0.2, 0.25) is 5.02 Å². The molecule has 0 bridgehead atoms. The van der Waals surface area contributed by atoms with E-state index in [4.69, 9.17) is 16.6 Å². The second kappa shape index (κ2) is 8.99. The fourth-order valence-corrected chi connectivity index (χ4v) is 7.23. The first-order chi connectivity index (χ1) is 19.9. The number of rotatable bonds is 3. The summed E-state index contributed by atoms with van der Waals surface area (Å²) in [4.78, 5) is 48.3. The maximum atomic E-state index is 14.5. The zero-order valence-electron chi connectivity index (χ0n) is 22.4. The van der Waals surface area contributed by atoms with Crippen molar-refractivity contribution in [2.24, 2.45) is 17.8 Å². The van der Waals surface area contributed by atoms with E-state index >= 15 is 0 Å². The Morgan fingerprint density at radius 1 is 0.976 bits per heavy atom. The smallest absolute Gasteiger partial charge is 0.297 e. The van der Waals surface area contributed by atoms with Crippen LogP contribution < -0.4 is 15.8 Å². The third-order valence-electron chi connectivity index (χ3n) is 8.60. The number of benzene rings is 3. The van der Waals surface area contributed by atoms with Gasteiger partial charge in [0.15, 0.2) is 0 Å². The fourth-order valence-electron chi connectivity index (χ4n) is 7.03. The molecular weight excluding hydrogens is 569 g/mol. The highest BCUT2D eigenvalue weighted by molar-refractivity contribution is 6.36.